The quantitative estimate of drug-likeness (QED) is 0.546. The van der Waals surface area contributed by atoms with Gasteiger partial charge in [-0.25, -0.2) is 4.79 Å². The van der Waals surface area contributed by atoms with Gasteiger partial charge in [0.05, 0.1) is 6.61 Å². The number of aliphatic carboxylic acids is 1. The molecule has 0 aliphatic carbocycles. The van der Waals surface area contributed by atoms with E-state index in [9.17, 15) is 4.79 Å². The summed E-state index contributed by atoms with van der Waals surface area (Å²) in [7, 11) is 0. The summed E-state index contributed by atoms with van der Waals surface area (Å²) in [5.74, 6) is -0.850. The van der Waals surface area contributed by atoms with Crippen molar-refractivity contribution in [2.24, 2.45) is 5.41 Å². The van der Waals surface area contributed by atoms with Gasteiger partial charge >= 0.3 is 5.97 Å². The number of rotatable bonds is 6. The lowest BCUT2D eigenvalue weighted by Gasteiger charge is -2.17. The monoisotopic (exact) mass is 214 g/mol. The van der Waals surface area contributed by atoms with E-state index in [0.29, 0.717) is 25.2 Å². The predicted molar refractivity (Wildman–Crippen MR) is 60.9 cm³/mol. The van der Waals surface area contributed by atoms with Crippen molar-refractivity contribution in [2.45, 2.75) is 40.5 Å². The number of ether oxygens (including phenoxy) is 1. The largest absolute Gasteiger partial charge is 0.478 e. The molecule has 0 fully saturated rings. The van der Waals surface area contributed by atoms with Crippen molar-refractivity contribution in [2.75, 3.05) is 13.2 Å². The van der Waals surface area contributed by atoms with Crippen molar-refractivity contribution in [3.63, 3.8) is 0 Å². The number of hydrogen-bond acceptors (Lipinski definition) is 2. The maximum atomic E-state index is 10.6. The first-order valence-corrected chi connectivity index (χ1v) is 5.37. The summed E-state index contributed by atoms with van der Waals surface area (Å²) in [6.45, 7) is 9.36. The molecule has 0 bridgehead atoms. The molecule has 0 radical (unpaired) electrons. The van der Waals surface area contributed by atoms with Gasteiger partial charge < -0.3 is 9.84 Å². The molecule has 0 aromatic rings. The molecule has 0 rings (SSSR count). The van der Waals surface area contributed by atoms with E-state index >= 15 is 0 Å². The van der Waals surface area contributed by atoms with Crippen molar-refractivity contribution in [1.82, 2.24) is 0 Å². The summed E-state index contributed by atoms with van der Waals surface area (Å²) in [6.07, 6.45) is 3.17. The highest BCUT2D eigenvalue weighted by atomic mass is 16.5. The molecule has 1 N–H and O–H groups in total. The van der Waals surface area contributed by atoms with Crippen LogP contribution in [-0.2, 0) is 9.53 Å². The normalized spacial score (nSPS) is 12.9. The van der Waals surface area contributed by atoms with Gasteiger partial charge in [0.1, 0.15) is 0 Å². The van der Waals surface area contributed by atoms with Gasteiger partial charge in [-0.2, -0.15) is 0 Å². The van der Waals surface area contributed by atoms with Crippen LogP contribution in [0.4, 0.5) is 0 Å². The van der Waals surface area contributed by atoms with Gasteiger partial charge in [0.2, 0.25) is 0 Å². The lowest BCUT2D eigenvalue weighted by Crippen LogP contribution is -2.10. The summed E-state index contributed by atoms with van der Waals surface area (Å²) < 4.78 is 5.35. The fraction of sp³-hybridized carbons (Fsp3) is 0.750. The standard InChI is InChI=1S/C12H22O3/c1-5-10(11(13)14)6-8-15-9-7-12(2,3)4/h6H,5,7-9H2,1-4H3,(H,13,14). The summed E-state index contributed by atoms with van der Waals surface area (Å²) in [5.41, 5.74) is 0.690. The molecule has 0 saturated carbocycles. The molecular formula is C12H22O3. The maximum Gasteiger partial charge on any atom is 0.331 e. The van der Waals surface area contributed by atoms with E-state index in [2.05, 4.69) is 20.8 Å². The number of carboxylic acid groups (broad SMARTS) is 1. The SMILES string of the molecule is CCC(=CCOCCC(C)(C)C)C(=O)O. The van der Waals surface area contributed by atoms with E-state index in [-0.39, 0.29) is 5.41 Å². The number of hydrogen-bond donors (Lipinski definition) is 1. The van der Waals surface area contributed by atoms with Gasteiger partial charge in [0.25, 0.3) is 0 Å². The first-order valence-electron chi connectivity index (χ1n) is 5.37. The molecule has 15 heavy (non-hydrogen) atoms. The zero-order chi connectivity index (χ0) is 11.9. The highest BCUT2D eigenvalue weighted by Crippen LogP contribution is 2.17. The molecule has 0 heterocycles. The van der Waals surface area contributed by atoms with Gasteiger partial charge in [-0.05, 0) is 24.3 Å². The molecule has 3 heteroatoms. The summed E-state index contributed by atoms with van der Waals surface area (Å²) in [4.78, 5) is 10.6. The van der Waals surface area contributed by atoms with E-state index in [1.807, 2.05) is 6.92 Å². The first-order chi connectivity index (χ1) is 6.87. The molecule has 88 valence electrons. The van der Waals surface area contributed by atoms with Gasteiger partial charge in [0.15, 0.2) is 0 Å². The molecule has 0 aromatic heterocycles. The highest BCUT2D eigenvalue weighted by molar-refractivity contribution is 5.86. The van der Waals surface area contributed by atoms with Crippen LogP contribution in [-0.4, -0.2) is 24.3 Å². The third kappa shape index (κ3) is 8.18. The molecular weight excluding hydrogens is 192 g/mol. The van der Waals surface area contributed by atoms with Crippen LogP contribution in [0.15, 0.2) is 11.6 Å². The molecule has 0 saturated heterocycles. The summed E-state index contributed by atoms with van der Waals surface area (Å²) in [6, 6.07) is 0. The second-order valence-corrected chi connectivity index (χ2v) is 4.77. The Morgan fingerprint density at radius 2 is 2.00 bits per heavy atom. The fourth-order valence-electron chi connectivity index (χ4n) is 1.00. The highest BCUT2D eigenvalue weighted by Gasteiger charge is 2.09. The Morgan fingerprint density at radius 1 is 1.40 bits per heavy atom. The fourth-order valence-corrected chi connectivity index (χ4v) is 1.00. The average Bonchev–Trinajstić information content (AvgIpc) is 2.08. The average molecular weight is 214 g/mol. The molecule has 0 atom stereocenters. The van der Waals surface area contributed by atoms with Crippen LogP contribution in [0.25, 0.3) is 0 Å². The zero-order valence-corrected chi connectivity index (χ0v) is 10.2. The second kappa shape index (κ2) is 6.62. The number of carboxylic acids is 1. The topological polar surface area (TPSA) is 46.5 Å². The third-order valence-electron chi connectivity index (χ3n) is 2.10. The van der Waals surface area contributed by atoms with Crippen molar-refractivity contribution >= 4 is 5.97 Å². The van der Waals surface area contributed by atoms with Crippen molar-refractivity contribution in [3.8, 4) is 0 Å². The van der Waals surface area contributed by atoms with E-state index in [4.69, 9.17) is 9.84 Å². The third-order valence-corrected chi connectivity index (χ3v) is 2.10. The number of carbonyl (C=O) groups is 1. The molecule has 0 spiro atoms. The van der Waals surface area contributed by atoms with Gasteiger partial charge in [-0.3, -0.25) is 0 Å². The van der Waals surface area contributed by atoms with Crippen molar-refractivity contribution in [1.29, 1.82) is 0 Å². The second-order valence-electron chi connectivity index (χ2n) is 4.77. The van der Waals surface area contributed by atoms with Crippen LogP contribution < -0.4 is 0 Å². The van der Waals surface area contributed by atoms with Gasteiger partial charge in [0, 0.05) is 12.2 Å². The minimum absolute atomic E-state index is 0.268. The minimum Gasteiger partial charge on any atom is -0.478 e. The van der Waals surface area contributed by atoms with Crippen molar-refractivity contribution < 1.29 is 14.6 Å². The van der Waals surface area contributed by atoms with E-state index in [1.165, 1.54) is 0 Å². The molecule has 3 nitrogen and oxygen atoms in total. The van der Waals surface area contributed by atoms with Crippen LogP contribution in [0.5, 0.6) is 0 Å². The van der Waals surface area contributed by atoms with Crippen LogP contribution in [0.3, 0.4) is 0 Å². The van der Waals surface area contributed by atoms with Crippen LogP contribution in [0.2, 0.25) is 0 Å². The molecule has 0 aliphatic rings. The Hall–Kier alpha value is -0.830. The van der Waals surface area contributed by atoms with Gasteiger partial charge in [-0.1, -0.05) is 27.7 Å². The Kier molecular flexibility index (Phi) is 6.25. The predicted octanol–water partition coefficient (Wildman–Crippen LogP) is 2.86. The van der Waals surface area contributed by atoms with E-state index in [1.54, 1.807) is 6.08 Å². The Morgan fingerprint density at radius 3 is 2.40 bits per heavy atom. The Labute approximate surface area is 92.1 Å². The molecule has 0 unspecified atom stereocenters. The maximum absolute atomic E-state index is 10.6. The molecule has 0 amide bonds. The molecule has 0 aromatic carbocycles. The van der Waals surface area contributed by atoms with Crippen molar-refractivity contribution in [3.05, 3.63) is 11.6 Å². The lowest BCUT2D eigenvalue weighted by atomic mass is 9.93. The Bertz CT molecular complexity index is 224. The Balaban J connectivity index is 3.74. The van der Waals surface area contributed by atoms with E-state index < -0.39 is 5.97 Å². The first kappa shape index (κ1) is 14.2. The van der Waals surface area contributed by atoms with Crippen LogP contribution in [0.1, 0.15) is 40.5 Å². The smallest absolute Gasteiger partial charge is 0.331 e. The minimum atomic E-state index is -0.850. The summed E-state index contributed by atoms with van der Waals surface area (Å²) >= 11 is 0. The van der Waals surface area contributed by atoms with E-state index in [0.717, 1.165) is 6.42 Å². The zero-order valence-electron chi connectivity index (χ0n) is 10.2. The van der Waals surface area contributed by atoms with Gasteiger partial charge in [-0.15, -0.1) is 0 Å². The van der Waals surface area contributed by atoms with Crippen LogP contribution in [0, 0.1) is 5.41 Å². The van der Waals surface area contributed by atoms with Crippen LogP contribution >= 0.6 is 0 Å². The molecule has 0 aliphatic heterocycles. The summed E-state index contributed by atoms with van der Waals surface area (Å²) in [5, 5.41) is 8.74. The lowest BCUT2D eigenvalue weighted by molar-refractivity contribution is -0.132.